The quantitative estimate of drug-likeness (QED) is 0.177. The molecule has 0 saturated heterocycles. The summed E-state index contributed by atoms with van der Waals surface area (Å²) in [6.07, 6.45) is 0. The van der Waals surface area contributed by atoms with Gasteiger partial charge in [-0.05, 0) is 70.1 Å². The van der Waals surface area contributed by atoms with E-state index in [-0.39, 0.29) is 0 Å². The van der Waals surface area contributed by atoms with Crippen molar-refractivity contribution in [2.24, 2.45) is 0 Å². The molecule has 48 heavy (non-hydrogen) atoms. The molecule has 0 aliphatic rings. The number of para-hydroxylation sites is 4. The second-order valence-electron chi connectivity index (χ2n) is 11.9. The second kappa shape index (κ2) is 10.9. The summed E-state index contributed by atoms with van der Waals surface area (Å²) in [7, 11) is 0. The Bertz CT molecular complexity index is 2760. The van der Waals surface area contributed by atoms with Crippen LogP contribution in [0, 0.1) is 13.1 Å². The number of nitrogens with zero attached hydrogens (tertiary/aromatic N) is 4. The molecule has 0 amide bonds. The van der Waals surface area contributed by atoms with Gasteiger partial charge in [0.05, 0.1) is 35.4 Å². The van der Waals surface area contributed by atoms with Gasteiger partial charge in [0.25, 0.3) is 0 Å². The lowest BCUT2D eigenvalue weighted by Gasteiger charge is -2.16. The molecule has 2 aromatic heterocycles. The van der Waals surface area contributed by atoms with Crippen LogP contribution in [0.4, 0.5) is 11.4 Å². The van der Waals surface area contributed by atoms with Gasteiger partial charge in [0, 0.05) is 27.4 Å². The summed E-state index contributed by atoms with van der Waals surface area (Å²) < 4.78 is 4.56. The summed E-state index contributed by atoms with van der Waals surface area (Å²) in [5.41, 5.74) is 11.5. The third kappa shape index (κ3) is 4.07. The minimum absolute atomic E-state index is 0.590. The average Bonchev–Trinajstić information content (AvgIpc) is 3.68. The zero-order valence-electron chi connectivity index (χ0n) is 25.8. The van der Waals surface area contributed by atoms with Crippen LogP contribution in [0.5, 0.6) is 0 Å². The first-order valence-corrected chi connectivity index (χ1v) is 15.8. The van der Waals surface area contributed by atoms with Crippen LogP contribution >= 0.6 is 0 Å². The highest BCUT2D eigenvalue weighted by atomic mass is 15.0. The topological polar surface area (TPSA) is 18.6 Å². The maximum absolute atomic E-state index is 8.13. The van der Waals surface area contributed by atoms with E-state index >= 15 is 0 Å². The van der Waals surface area contributed by atoms with E-state index in [1.807, 2.05) is 48.5 Å². The van der Waals surface area contributed by atoms with Crippen molar-refractivity contribution < 1.29 is 0 Å². The summed E-state index contributed by atoms with van der Waals surface area (Å²) in [6.45, 7) is 16.0. The molecule has 0 aliphatic carbocycles. The highest BCUT2D eigenvalue weighted by Crippen LogP contribution is 2.43. The van der Waals surface area contributed by atoms with Gasteiger partial charge in [0.15, 0.2) is 11.4 Å². The molecule has 0 bridgehead atoms. The molecular formula is C44H26N4. The number of hydrogen-bond donors (Lipinski definition) is 0. The Hall–Kier alpha value is -6.88. The van der Waals surface area contributed by atoms with Gasteiger partial charge < -0.3 is 9.13 Å². The SMILES string of the molecule is [C-]#[N+]c1ccc(-c2cccc(-n3c4ccccc4c4ccccc43)c2)cc1-c1ccccc1-n1c2ccccc2c2c([N+]#[C-])cccc21. The molecule has 9 aromatic rings. The molecule has 0 spiro atoms. The van der Waals surface area contributed by atoms with Crippen LogP contribution < -0.4 is 0 Å². The Labute approximate surface area is 277 Å². The molecule has 7 aromatic carbocycles. The van der Waals surface area contributed by atoms with Gasteiger partial charge in [-0.3, -0.25) is 0 Å². The van der Waals surface area contributed by atoms with Crippen molar-refractivity contribution >= 4 is 55.0 Å². The third-order valence-corrected chi connectivity index (χ3v) is 9.37. The number of hydrogen-bond acceptors (Lipinski definition) is 0. The van der Waals surface area contributed by atoms with Crippen molar-refractivity contribution in [2.45, 2.75) is 0 Å². The average molecular weight is 611 g/mol. The lowest BCUT2D eigenvalue weighted by molar-refractivity contribution is 1.18. The molecule has 0 N–H and O–H groups in total. The zero-order chi connectivity index (χ0) is 32.2. The van der Waals surface area contributed by atoms with Gasteiger partial charge in [0.1, 0.15) is 0 Å². The molecule has 0 radical (unpaired) electrons. The predicted molar refractivity (Wildman–Crippen MR) is 199 cm³/mol. The van der Waals surface area contributed by atoms with Crippen LogP contribution in [-0.4, -0.2) is 9.13 Å². The first-order valence-electron chi connectivity index (χ1n) is 15.8. The molecule has 0 atom stereocenters. The highest BCUT2D eigenvalue weighted by molar-refractivity contribution is 6.15. The van der Waals surface area contributed by atoms with Gasteiger partial charge in [-0.25, -0.2) is 9.69 Å². The summed E-state index contributed by atoms with van der Waals surface area (Å²) in [6, 6.07) is 54.3. The summed E-state index contributed by atoms with van der Waals surface area (Å²) in [5.74, 6) is 0. The lowest BCUT2D eigenvalue weighted by Crippen LogP contribution is -1.97. The van der Waals surface area contributed by atoms with Crippen molar-refractivity contribution in [3.63, 3.8) is 0 Å². The van der Waals surface area contributed by atoms with Crippen molar-refractivity contribution in [2.75, 3.05) is 0 Å². The van der Waals surface area contributed by atoms with Crippen LogP contribution in [0.15, 0.2) is 158 Å². The van der Waals surface area contributed by atoms with E-state index in [1.165, 1.54) is 21.8 Å². The van der Waals surface area contributed by atoms with E-state index in [9.17, 15) is 0 Å². The van der Waals surface area contributed by atoms with Crippen molar-refractivity contribution in [3.8, 4) is 33.6 Å². The highest BCUT2D eigenvalue weighted by Gasteiger charge is 2.19. The molecule has 0 aliphatic heterocycles. The molecule has 4 nitrogen and oxygen atoms in total. The van der Waals surface area contributed by atoms with E-state index in [1.54, 1.807) is 0 Å². The van der Waals surface area contributed by atoms with E-state index in [4.69, 9.17) is 13.1 Å². The lowest BCUT2D eigenvalue weighted by atomic mass is 9.96. The van der Waals surface area contributed by atoms with Gasteiger partial charge in [0.2, 0.25) is 0 Å². The smallest absolute Gasteiger partial charge is 0.197 e. The Morgan fingerprint density at radius 3 is 1.71 bits per heavy atom. The van der Waals surface area contributed by atoms with Crippen molar-refractivity contribution in [1.82, 2.24) is 9.13 Å². The molecule has 4 heteroatoms. The van der Waals surface area contributed by atoms with Crippen LogP contribution in [0.3, 0.4) is 0 Å². The summed E-state index contributed by atoms with van der Waals surface area (Å²) >= 11 is 0. The predicted octanol–water partition coefficient (Wildman–Crippen LogP) is 12.3. The minimum Gasteiger partial charge on any atom is -0.310 e. The van der Waals surface area contributed by atoms with E-state index in [0.29, 0.717) is 11.4 Å². The van der Waals surface area contributed by atoms with Crippen LogP contribution in [-0.2, 0) is 0 Å². The number of benzene rings is 7. The number of fused-ring (bicyclic) bond motifs is 6. The molecule has 222 valence electrons. The minimum atomic E-state index is 0.590. The molecule has 9 rings (SSSR count). The maximum Gasteiger partial charge on any atom is 0.197 e. The molecular weight excluding hydrogens is 585 g/mol. The monoisotopic (exact) mass is 610 g/mol. The van der Waals surface area contributed by atoms with Crippen LogP contribution in [0.25, 0.3) is 86.9 Å². The largest absolute Gasteiger partial charge is 0.310 e. The summed E-state index contributed by atoms with van der Waals surface area (Å²) in [4.78, 5) is 7.84. The molecule has 0 unspecified atom stereocenters. The van der Waals surface area contributed by atoms with Gasteiger partial charge in [-0.15, -0.1) is 0 Å². The molecule has 2 heterocycles. The Kier molecular flexibility index (Phi) is 6.22. The fraction of sp³-hybridized carbons (Fsp3) is 0. The van der Waals surface area contributed by atoms with E-state index < -0.39 is 0 Å². The Balaban J connectivity index is 1.25. The van der Waals surface area contributed by atoms with Gasteiger partial charge in [-0.1, -0.05) is 115 Å². The maximum atomic E-state index is 8.13. The zero-order valence-corrected chi connectivity index (χ0v) is 25.8. The van der Waals surface area contributed by atoms with Crippen molar-refractivity contribution in [1.29, 1.82) is 0 Å². The van der Waals surface area contributed by atoms with E-state index in [0.717, 1.165) is 55.4 Å². The normalized spacial score (nSPS) is 11.3. The van der Waals surface area contributed by atoms with Crippen LogP contribution in [0.1, 0.15) is 0 Å². The Morgan fingerprint density at radius 1 is 0.396 bits per heavy atom. The first kappa shape index (κ1) is 27.4. The third-order valence-electron chi connectivity index (χ3n) is 9.37. The number of aromatic nitrogens is 2. The van der Waals surface area contributed by atoms with Gasteiger partial charge in [-0.2, -0.15) is 0 Å². The van der Waals surface area contributed by atoms with Gasteiger partial charge >= 0.3 is 0 Å². The molecule has 0 saturated carbocycles. The Morgan fingerprint density at radius 2 is 0.979 bits per heavy atom. The fourth-order valence-electron chi connectivity index (χ4n) is 7.30. The van der Waals surface area contributed by atoms with E-state index in [2.05, 4.69) is 128 Å². The number of rotatable bonds is 4. The van der Waals surface area contributed by atoms with Crippen LogP contribution in [0.2, 0.25) is 0 Å². The fourth-order valence-corrected chi connectivity index (χ4v) is 7.30. The van der Waals surface area contributed by atoms with Crippen molar-refractivity contribution in [3.05, 3.63) is 181 Å². The first-order chi connectivity index (χ1) is 23.7. The standard InChI is InChI=1S/C44H26N4/c1-45-37-26-25-30(29-13-11-14-31(27-29)47-39-20-7-3-15-32(39)33-16-4-8-21-40(33)47)28-36(37)34-17-5-9-22-41(34)48-42-23-10-6-18-35(42)44-38(46-2)19-12-24-43(44)48/h3-28H. The summed E-state index contributed by atoms with van der Waals surface area (Å²) in [5, 5.41) is 4.44. The second-order valence-corrected chi connectivity index (χ2v) is 11.9. The molecule has 0 fully saturated rings.